The lowest BCUT2D eigenvalue weighted by Crippen LogP contribution is -2.42. The molecule has 1 saturated heterocycles. The molecule has 7 nitrogen and oxygen atoms in total. The van der Waals surface area contributed by atoms with Gasteiger partial charge in [0.1, 0.15) is 5.75 Å². The Bertz CT molecular complexity index is 748. The van der Waals surface area contributed by atoms with E-state index in [0.29, 0.717) is 19.4 Å². The number of carbonyl (C=O) groups excluding carboxylic acids is 2. The number of nitrogens with one attached hydrogen (secondary N) is 1. The largest absolute Gasteiger partial charge is 0.496 e. The molecule has 0 saturated carbocycles. The zero-order chi connectivity index (χ0) is 19.2. The fraction of sp³-hybridized carbons (Fsp3) is 0.556. The summed E-state index contributed by atoms with van der Waals surface area (Å²) in [4.78, 5) is 25.4. The molecule has 1 N–H and O–H groups in total. The van der Waals surface area contributed by atoms with Crippen molar-refractivity contribution >= 4 is 21.7 Å². The maximum atomic E-state index is 12.1. The SMILES string of the molecule is COc1ccccc1CCNC(=O)CCN(C(C)=O)C1CCS(=O)(=O)C1. The van der Waals surface area contributed by atoms with Crippen molar-refractivity contribution in [1.29, 1.82) is 0 Å². The molecule has 1 aromatic carbocycles. The molecule has 144 valence electrons. The summed E-state index contributed by atoms with van der Waals surface area (Å²) in [5, 5.41) is 2.83. The summed E-state index contributed by atoms with van der Waals surface area (Å²) >= 11 is 0. The third kappa shape index (κ3) is 5.72. The fourth-order valence-electron chi connectivity index (χ4n) is 3.17. The highest BCUT2D eigenvalue weighted by molar-refractivity contribution is 7.91. The van der Waals surface area contributed by atoms with E-state index in [0.717, 1.165) is 11.3 Å². The summed E-state index contributed by atoms with van der Waals surface area (Å²) in [6, 6.07) is 7.31. The molecule has 1 unspecified atom stereocenters. The Morgan fingerprint density at radius 3 is 2.65 bits per heavy atom. The van der Waals surface area contributed by atoms with Crippen LogP contribution in [0.2, 0.25) is 0 Å². The molecule has 1 aliphatic rings. The number of para-hydroxylation sites is 1. The van der Waals surface area contributed by atoms with E-state index in [1.54, 1.807) is 7.11 Å². The van der Waals surface area contributed by atoms with Gasteiger partial charge in [-0.3, -0.25) is 9.59 Å². The maximum Gasteiger partial charge on any atom is 0.221 e. The second-order valence-corrected chi connectivity index (χ2v) is 8.66. The van der Waals surface area contributed by atoms with Gasteiger partial charge in [-0.1, -0.05) is 18.2 Å². The van der Waals surface area contributed by atoms with Crippen LogP contribution in [0.4, 0.5) is 0 Å². The van der Waals surface area contributed by atoms with Crippen molar-refractivity contribution in [2.75, 3.05) is 31.7 Å². The topological polar surface area (TPSA) is 92.8 Å². The van der Waals surface area contributed by atoms with Gasteiger partial charge in [0.15, 0.2) is 9.84 Å². The predicted octanol–water partition coefficient (Wildman–Crippen LogP) is 0.780. The van der Waals surface area contributed by atoms with Crippen molar-refractivity contribution in [3.8, 4) is 5.75 Å². The van der Waals surface area contributed by atoms with Gasteiger partial charge >= 0.3 is 0 Å². The number of rotatable bonds is 8. The average Bonchev–Trinajstić information content (AvgIpc) is 2.94. The Labute approximate surface area is 154 Å². The van der Waals surface area contributed by atoms with Crippen molar-refractivity contribution in [3.63, 3.8) is 0 Å². The van der Waals surface area contributed by atoms with Gasteiger partial charge in [0.25, 0.3) is 0 Å². The summed E-state index contributed by atoms with van der Waals surface area (Å²) in [6.45, 7) is 2.11. The summed E-state index contributed by atoms with van der Waals surface area (Å²) in [5.74, 6) is 0.516. The van der Waals surface area contributed by atoms with Gasteiger partial charge in [-0.25, -0.2) is 8.42 Å². The first-order valence-electron chi connectivity index (χ1n) is 8.68. The first-order valence-corrected chi connectivity index (χ1v) is 10.5. The van der Waals surface area contributed by atoms with Gasteiger partial charge in [0, 0.05) is 32.5 Å². The van der Waals surface area contributed by atoms with Crippen molar-refractivity contribution in [2.45, 2.75) is 32.2 Å². The Kier molecular flexibility index (Phi) is 7.02. The van der Waals surface area contributed by atoms with E-state index in [1.807, 2.05) is 24.3 Å². The molecule has 1 aliphatic heterocycles. The molecule has 1 aromatic rings. The van der Waals surface area contributed by atoms with Crippen LogP contribution < -0.4 is 10.1 Å². The number of methoxy groups -OCH3 is 1. The van der Waals surface area contributed by atoms with Gasteiger partial charge in [-0.15, -0.1) is 0 Å². The van der Waals surface area contributed by atoms with E-state index in [-0.39, 0.29) is 42.3 Å². The van der Waals surface area contributed by atoms with E-state index in [9.17, 15) is 18.0 Å². The zero-order valence-corrected chi connectivity index (χ0v) is 16.0. The van der Waals surface area contributed by atoms with Crippen LogP contribution in [0.5, 0.6) is 5.75 Å². The van der Waals surface area contributed by atoms with Crippen molar-refractivity contribution in [2.24, 2.45) is 0 Å². The molecule has 0 radical (unpaired) electrons. The minimum atomic E-state index is -3.07. The number of hydrogen-bond acceptors (Lipinski definition) is 5. The molecule has 1 fully saturated rings. The number of benzene rings is 1. The third-order valence-corrected chi connectivity index (χ3v) is 6.29. The molecule has 0 aliphatic carbocycles. The Balaban J connectivity index is 1.79. The zero-order valence-electron chi connectivity index (χ0n) is 15.2. The first-order chi connectivity index (χ1) is 12.3. The van der Waals surface area contributed by atoms with Crippen LogP contribution in [-0.4, -0.2) is 62.9 Å². The van der Waals surface area contributed by atoms with Crippen molar-refractivity contribution in [3.05, 3.63) is 29.8 Å². The van der Waals surface area contributed by atoms with Crippen LogP contribution in [0.15, 0.2) is 24.3 Å². The van der Waals surface area contributed by atoms with Crippen LogP contribution in [0.3, 0.4) is 0 Å². The van der Waals surface area contributed by atoms with E-state index in [2.05, 4.69) is 5.32 Å². The molecule has 2 amide bonds. The number of amides is 2. The van der Waals surface area contributed by atoms with Gasteiger partial charge in [-0.2, -0.15) is 0 Å². The molecule has 1 heterocycles. The molecule has 8 heteroatoms. The third-order valence-electron chi connectivity index (χ3n) is 4.54. The van der Waals surface area contributed by atoms with Crippen LogP contribution in [0, 0.1) is 0 Å². The lowest BCUT2D eigenvalue weighted by molar-refractivity contribution is -0.131. The normalized spacial score (nSPS) is 18.3. The van der Waals surface area contributed by atoms with Gasteiger partial charge in [0.05, 0.1) is 18.6 Å². The fourth-order valence-corrected chi connectivity index (χ4v) is 4.91. The van der Waals surface area contributed by atoms with Gasteiger partial charge in [0.2, 0.25) is 11.8 Å². The number of sulfone groups is 1. The average molecular weight is 382 g/mol. The lowest BCUT2D eigenvalue weighted by Gasteiger charge is -2.26. The highest BCUT2D eigenvalue weighted by atomic mass is 32.2. The molecule has 0 bridgehead atoms. The quantitative estimate of drug-likeness (QED) is 0.717. The van der Waals surface area contributed by atoms with E-state index in [1.165, 1.54) is 11.8 Å². The molecular weight excluding hydrogens is 356 g/mol. The number of nitrogens with zero attached hydrogens (tertiary/aromatic N) is 1. The van der Waals surface area contributed by atoms with E-state index < -0.39 is 9.84 Å². The predicted molar refractivity (Wildman–Crippen MR) is 98.8 cm³/mol. The lowest BCUT2D eigenvalue weighted by atomic mass is 10.1. The number of ether oxygens (including phenoxy) is 1. The number of hydrogen-bond donors (Lipinski definition) is 1. The summed E-state index contributed by atoms with van der Waals surface area (Å²) in [7, 11) is -1.46. The van der Waals surface area contributed by atoms with E-state index >= 15 is 0 Å². The molecule has 1 atom stereocenters. The molecule has 2 rings (SSSR count). The summed E-state index contributed by atoms with van der Waals surface area (Å²) in [5.41, 5.74) is 1.01. The van der Waals surface area contributed by atoms with Crippen LogP contribution >= 0.6 is 0 Å². The highest BCUT2D eigenvalue weighted by Crippen LogP contribution is 2.19. The second-order valence-electron chi connectivity index (χ2n) is 6.43. The molecule has 0 spiro atoms. The standard InChI is InChI=1S/C18H26N2O5S/c1-14(21)20(16-9-12-26(23,24)13-16)11-8-18(22)19-10-7-15-5-3-4-6-17(15)25-2/h3-6,16H,7-13H2,1-2H3,(H,19,22). The monoisotopic (exact) mass is 382 g/mol. The second kappa shape index (κ2) is 9.02. The molecular formula is C18H26N2O5S. The van der Waals surface area contributed by atoms with Crippen LogP contribution in [-0.2, 0) is 25.8 Å². The van der Waals surface area contributed by atoms with Crippen molar-refractivity contribution < 1.29 is 22.7 Å². The Morgan fingerprint density at radius 1 is 1.31 bits per heavy atom. The van der Waals surface area contributed by atoms with Crippen LogP contribution in [0.1, 0.15) is 25.3 Å². The van der Waals surface area contributed by atoms with Gasteiger partial charge < -0.3 is 15.0 Å². The van der Waals surface area contributed by atoms with Gasteiger partial charge in [-0.05, 0) is 24.5 Å². The Morgan fingerprint density at radius 2 is 2.04 bits per heavy atom. The minimum Gasteiger partial charge on any atom is -0.496 e. The molecule has 0 aromatic heterocycles. The Hall–Kier alpha value is -2.09. The summed E-state index contributed by atoms with van der Waals surface area (Å²) in [6.07, 6.45) is 1.24. The minimum absolute atomic E-state index is 0.0119. The smallest absolute Gasteiger partial charge is 0.221 e. The number of carbonyl (C=O) groups is 2. The van der Waals surface area contributed by atoms with E-state index in [4.69, 9.17) is 4.74 Å². The molecule has 26 heavy (non-hydrogen) atoms. The van der Waals surface area contributed by atoms with Crippen LogP contribution in [0.25, 0.3) is 0 Å². The highest BCUT2D eigenvalue weighted by Gasteiger charge is 2.33. The maximum absolute atomic E-state index is 12.1. The summed E-state index contributed by atoms with van der Waals surface area (Å²) < 4.78 is 28.5. The van der Waals surface area contributed by atoms with Crippen molar-refractivity contribution in [1.82, 2.24) is 10.2 Å². The first kappa shape index (κ1) is 20.2.